The van der Waals surface area contributed by atoms with Gasteiger partial charge in [0.15, 0.2) is 14.1 Å². The fraction of sp³-hybridized carbons (Fsp3) is 1.00. The lowest BCUT2D eigenvalue weighted by molar-refractivity contribution is -0.161. The Kier molecular flexibility index (Phi) is 9.13. The van der Waals surface area contributed by atoms with Crippen LogP contribution in [0.5, 0.6) is 0 Å². The molecule has 0 unspecified atom stereocenters. The summed E-state index contributed by atoms with van der Waals surface area (Å²) in [4.78, 5) is 0. The van der Waals surface area contributed by atoms with Gasteiger partial charge in [0.1, 0.15) is 24.4 Å². The second kappa shape index (κ2) is 10.3. The van der Waals surface area contributed by atoms with Crippen molar-refractivity contribution in [2.75, 3.05) is 26.0 Å². The zero-order valence-electron chi connectivity index (χ0n) is 22.5. The number of ether oxygens (including phenoxy) is 3. The van der Waals surface area contributed by atoms with Crippen molar-refractivity contribution in [1.82, 2.24) is 5.32 Å². The van der Waals surface area contributed by atoms with Crippen LogP contribution >= 0.6 is 0 Å². The molecule has 2 rings (SSSR count). The minimum atomic E-state index is -3.74. The van der Waals surface area contributed by atoms with Gasteiger partial charge in [0, 0.05) is 21.2 Å². The van der Waals surface area contributed by atoms with E-state index in [1.165, 1.54) is 0 Å². The molecular formula is C22H47NO7SSi2. The Balaban J connectivity index is 2.31. The van der Waals surface area contributed by atoms with E-state index >= 15 is 0 Å². The first kappa shape index (κ1) is 29.4. The SMILES string of the molecule is CC1(C)O[C@@H]2[C@@H]([C@@H](OCC[Si](C)(C)C)[C@@H](CO[Si](C)(C)C(C)(C)C)OS(C)(=O)=O)NC[C@@H]2O1. The van der Waals surface area contributed by atoms with E-state index in [1.54, 1.807) is 0 Å². The standard InChI is InChI=1S/C22H47NO7SSi2/c1-21(2,3)33(10,11)27-15-17(30-31(6,24)25)19(26-12-13-32(7,8)9)18-20-16(14-23-18)28-22(4,5)29-20/h16-20,23H,12-15H2,1-11H3/t16-,17+,18+,19-,20-/m0/s1. The Morgan fingerprint density at radius 2 is 1.73 bits per heavy atom. The maximum absolute atomic E-state index is 12.3. The Morgan fingerprint density at radius 3 is 2.24 bits per heavy atom. The van der Waals surface area contributed by atoms with Crippen molar-refractivity contribution in [1.29, 1.82) is 0 Å². The summed E-state index contributed by atoms with van der Waals surface area (Å²) in [5.41, 5.74) is 0. The molecule has 2 heterocycles. The van der Waals surface area contributed by atoms with Gasteiger partial charge in [-0.3, -0.25) is 4.18 Å². The molecule has 0 aromatic heterocycles. The number of fused-ring (bicyclic) bond motifs is 1. The molecule has 0 aromatic rings. The van der Waals surface area contributed by atoms with E-state index in [1.807, 2.05) is 13.8 Å². The van der Waals surface area contributed by atoms with Crippen LogP contribution in [0.3, 0.4) is 0 Å². The lowest BCUT2D eigenvalue weighted by atomic mass is 10.0. The lowest BCUT2D eigenvalue weighted by Gasteiger charge is -2.39. The molecule has 5 atom stereocenters. The summed E-state index contributed by atoms with van der Waals surface area (Å²) in [6.45, 7) is 22.7. The van der Waals surface area contributed by atoms with Crippen LogP contribution in [-0.4, -0.2) is 87.1 Å². The van der Waals surface area contributed by atoms with Gasteiger partial charge in [-0.1, -0.05) is 40.4 Å². The molecule has 0 bridgehead atoms. The summed E-state index contributed by atoms with van der Waals surface area (Å²) in [6, 6.07) is 0.690. The summed E-state index contributed by atoms with van der Waals surface area (Å²) in [7, 11) is -7.23. The van der Waals surface area contributed by atoms with Crippen molar-refractivity contribution in [3.63, 3.8) is 0 Å². The second-order valence-electron chi connectivity index (χ2n) is 12.6. The van der Waals surface area contributed by atoms with Crippen molar-refractivity contribution in [2.45, 2.75) is 115 Å². The minimum absolute atomic E-state index is 0.0139. The molecule has 2 fully saturated rings. The summed E-state index contributed by atoms with van der Waals surface area (Å²) in [5, 5.41) is 3.44. The highest BCUT2D eigenvalue weighted by Gasteiger charge is 2.53. The van der Waals surface area contributed by atoms with Crippen LogP contribution in [0.15, 0.2) is 0 Å². The molecule has 0 radical (unpaired) electrons. The van der Waals surface area contributed by atoms with E-state index < -0.39 is 44.5 Å². The normalized spacial score (nSPS) is 28.0. The number of nitrogens with one attached hydrogen (secondary N) is 1. The van der Waals surface area contributed by atoms with Crippen molar-refractivity contribution < 1.29 is 31.2 Å². The van der Waals surface area contributed by atoms with E-state index in [0.717, 1.165) is 12.3 Å². The quantitative estimate of drug-likeness (QED) is 0.323. The lowest BCUT2D eigenvalue weighted by Crippen LogP contribution is -2.55. The number of rotatable bonds is 11. The van der Waals surface area contributed by atoms with Gasteiger partial charge in [-0.25, -0.2) is 0 Å². The molecule has 0 aliphatic carbocycles. The molecule has 33 heavy (non-hydrogen) atoms. The van der Waals surface area contributed by atoms with Crippen LogP contribution in [0.1, 0.15) is 34.6 Å². The van der Waals surface area contributed by atoms with Gasteiger partial charge in [-0.2, -0.15) is 8.42 Å². The van der Waals surface area contributed by atoms with Gasteiger partial charge in [0.2, 0.25) is 0 Å². The number of hydrogen-bond donors (Lipinski definition) is 1. The highest BCUT2D eigenvalue weighted by atomic mass is 32.2. The van der Waals surface area contributed by atoms with E-state index in [9.17, 15) is 8.42 Å². The highest BCUT2D eigenvalue weighted by molar-refractivity contribution is 7.86. The maximum Gasteiger partial charge on any atom is 0.264 e. The molecule has 196 valence electrons. The predicted octanol–water partition coefficient (Wildman–Crippen LogP) is 3.57. The Hall–Kier alpha value is 0.144. The monoisotopic (exact) mass is 525 g/mol. The number of hydrogen-bond acceptors (Lipinski definition) is 8. The van der Waals surface area contributed by atoms with E-state index in [-0.39, 0.29) is 29.9 Å². The van der Waals surface area contributed by atoms with Crippen molar-refractivity contribution in [2.24, 2.45) is 0 Å². The first-order valence-electron chi connectivity index (χ1n) is 11.9. The summed E-state index contributed by atoms with van der Waals surface area (Å²) >= 11 is 0. The average Bonchev–Trinajstić information content (AvgIpc) is 3.08. The first-order chi connectivity index (χ1) is 14.7. The highest BCUT2D eigenvalue weighted by Crippen LogP contribution is 2.38. The Labute approximate surface area is 203 Å². The average molecular weight is 526 g/mol. The van der Waals surface area contributed by atoms with Crippen LogP contribution in [0.2, 0.25) is 43.8 Å². The molecule has 8 nitrogen and oxygen atoms in total. The fourth-order valence-corrected chi connectivity index (χ4v) is 6.21. The van der Waals surface area contributed by atoms with E-state index in [4.69, 9.17) is 22.8 Å². The molecule has 0 spiro atoms. The van der Waals surface area contributed by atoms with Gasteiger partial charge >= 0.3 is 0 Å². The predicted molar refractivity (Wildman–Crippen MR) is 136 cm³/mol. The van der Waals surface area contributed by atoms with Crippen LogP contribution in [0, 0.1) is 0 Å². The summed E-state index contributed by atoms with van der Waals surface area (Å²) < 4.78 is 55.2. The van der Waals surface area contributed by atoms with Crippen LogP contribution in [-0.2, 0) is 32.9 Å². The largest absolute Gasteiger partial charge is 0.414 e. The maximum atomic E-state index is 12.3. The topological polar surface area (TPSA) is 92.3 Å². The van der Waals surface area contributed by atoms with Gasteiger partial charge in [-0.15, -0.1) is 0 Å². The van der Waals surface area contributed by atoms with Gasteiger partial charge in [0.25, 0.3) is 10.1 Å². The molecule has 0 aromatic carbocycles. The molecule has 0 amide bonds. The second-order valence-corrected chi connectivity index (χ2v) is 24.7. The third-order valence-electron chi connectivity index (χ3n) is 6.73. The minimum Gasteiger partial charge on any atom is -0.414 e. The fourth-order valence-electron chi connectivity index (χ4n) is 3.85. The van der Waals surface area contributed by atoms with Gasteiger partial charge < -0.3 is 24.0 Å². The molecule has 1 N–H and O–H groups in total. The van der Waals surface area contributed by atoms with Crippen LogP contribution in [0.4, 0.5) is 0 Å². The molecular weight excluding hydrogens is 478 g/mol. The molecule has 11 heteroatoms. The van der Waals surface area contributed by atoms with Crippen molar-refractivity contribution in [3.05, 3.63) is 0 Å². The zero-order chi connectivity index (χ0) is 25.5. The van der Waals surface area contributed by atoms with Crippen LogP contribution in [0.25, 0.3) is 0 Å². The van der Waals surface area contributed by atoms with Crippen molar-refractivity contribution in [3.8, 4) is 0 Å². The smallest absolute Gasteiger partial charge is 0.264 e. The van der Waals surface area contributed by atoms with E-state index in [0.29, 0.717) is 13.2 Å². The third-order valence-corrected chi connectivity index (χ3v) is 13.5. The summed E-state index contributed by atoms with van der Waals surface area (Å²) in [6.07, 6.45) is -0.648. The van der Waals surface area contributed by atoms with E-state index in [2.05, 4.69) is 58.8 Å². The molecule has 0 saturated carbocycles. The summed E-state index contributed by atoms with van der Waals surface area (Å²) in [5.74, 6) is -0.691. The zero-order valence-corrected chi connectivity index (χ0v) is 25.3. The molecule has 2 aliphatic heterocycles. The van der Waals surface area contributed by atoms with Gasteiger partial charge in [-0.05, 0) is 38.0 Å². The molecule has 2 aliphatic rings. The van der Waals surface area contributed by atoms with Crippen LogP contribution < -0.4 is 5.32 Å². The Bertz CT molecular complexity index is 762. The molecule has 2 saturated heterocycles. The third kappa shape index (κ3) is 8.64. The first-order valence-corrected chi connectivity index (χ1v) is 20.4. The van der Waals surface area contributed by atoms with Crippen molar-refractivity contribution >= 4 is 26.5 Å². The Morgan fingerprint density at radius 1 is 1.12 bits per heavy atom. The van der Waals surface area contributed by atoms with Gasteiger partial charge in [0.05, 0.1) is 18.9 Å².